The van der Waals surface area contributed by atoms with Crippen LogP contribution in [0.1, 0.15) is 5.56 Å². The van der Waals surface area contributed by atoms with Crippen LogP contribution in [0.5, 0.6) is 5.75 Å². The summed E-state index contributed by atoms with van der Waals surface area (Å²) >= 11 is 1.06. The number of ether oxygens (including phenoxy) is 1. The predicted molar refractivity (Wildman–Crippen MR) is 109 cm³/mol. The molecule has 3 aromatic carbocycles. The van der Waals surface area contributed by atoms with Crippen molar-refractivity contribution >= 4 is 32.6 Å². The summed E-state index contributed by atoms with van der Waals surface area (Å²) in [4.78, 5) is 18.6. The van der Waals surface area contributed by atoms with Crippen molar-refractivity contribution in [1.82, 2.24) is 4.98 Å². The Bertz CT molecular complexity index is 1130. The molecule has 1 heterocycles. The zero-order valence-electron chi connectivity index (χ0n) is 15.2. The van der Waals surface area contributed by atoms with Crippen molar-refractivity contribution in [2.45, 2.75) is 6.54 Å². The molecule has 0 aliphatic rings. The number of benzene rings is 3. The first-order valence-corrected chi connectivity index (χ1v) is 9.69. The lowest BCUT2D eigenvalue weighted by Crippen LogP contribution is -2.34. The second kappa shape index (κ2) is 8.36. The Balaban J connectivity index is 1.64. The lowest BCUT2D eigenvalue weighted by atomic mass is 10.2. The minimum atomic E-state index is -0.754. The average Bonchev–Trinajstić information content (AvgIpc) is 3.16. The van der Waals surface area contributed by atoms with E-state index in [-0.39, 0.29) is 29.7 Å². The van der Waals surface area contributed by atoms with E-state index in [9.17, 15) is 13.6 Å². The van der Waals surface area contributed by atoms with Gasteiger partial charge < -0.3 is 4.74 Å². The van der Waals surface area contributed by atoms with E-state index < -0.39 is 11.6 Å². The first-order valence-electron chi connectivity index (χ1n) is 8.88. The Hall–Kier alpha value is -3.32. The van der Waals surface area contributed by atoms with Crippen molar-refractivity contribution < 1.29 is 18.3 Å². The minimum absolute atomic E-state index is 0.0428. The van der Waals surface area contributed by atoms with Crippen LogP contribution in [0.25, 0.3) is 10.2 Å². The van der Waals surface area contributed by atoms with Crippen LogP contribution in [0, 0.1) is 11.6 Å². The number of rotatable bonds is 6. The molecule has 0 radical (unpaired) electrons. The fourth-order valence-corrected chi connectivity index (χ4v) is 3.85. The van der Waals surface area contributed by atoms with Crippen molar-refractivity contribution in [2.75, 3.05) is 11.5 Å². The smallest absolute Gasteiger partial charge is 0.267 e. The van der Waals surface area contributed by atoms with Gasteiger partial charge in [-0.1, -0.05) is 59.9 Å². The van der Waals surface area contributed by atoms with E-state index in [4.69, 9.17) is 4.74 Å². The Morgan fingerprint density at radius 3 is 2.41 bits per heavy atom. The van der Waals surface area contributed by atoms with Crippen LogP contribution in [-0.4, -0.2) is 17.5 Å². The molecule has 0 bridgehead atoms. The SMILES string of the molecule is O=C(COc1ccccc1)N(Cc1ccccc1)c1nc2c(F)cc(F)cc2s1. The van der Waals surface area contributed by atoms with E-state index in [0.29, 0.717) is 10.4 Å². The number of halogens is 2. The van der Waals surface area contributed by atoms with Crippen molar-refractivity contribution in [3.63, 3.8) is 0 Å². The second-order valence-electron chi connectivity index (χ2n) is 6.30. The van der Waals surface area contributed by atoms with E-state index in [2.05, 4.69) is 4.98 Å². The maximum atomic E-state index is 14.1. The molecule has 7 heteroatoms. The van der Waals surface area contributed by atoms with Gasteiger partial charge in [-0.15, -0.1) is 0 Å². The highest BCUT2D eigenvalue weighted by molar-refractivity contribution is 7.22. The van der Waals surface area contributed by atoms with Crippen LogP contribution in [0.2, 0.25) is 0 Å². The summed E-state index contributed by atoms with van der Waals surface area (Å²) in [5.74, 6) is -1.20. The van der Waals surface area contributed by atoms with Gasteiger partial charge in [0.15, 0.2) is 17.6 Å². The first kappa shape index (κ1) is 19.0. The van der Waals surface area contributed by atoms with Crippen LogP contribution in [-0.2, 0) is 11.3 Å². The summed E-state index contributed by atoms with van der Waals surface area (Å²) in [5.41, 5.74) is 0.924. The fraction of sp³-hybridized carbons (Fsp3) is 0.0909. The molecular weight excluding hydrogens is 394 g/mol. The molecule has 0 saturated carbocycles. The topological polar surface area (TPSA) is 42.4 Å². The summed E-state index contributed by atoms with van der Waals surface area (Å²) in [5, 5.41) is 0.287. The maximum absolute atomic E-state index is 14.1. The molecule has 29 heavy (non-hydrogen) atoms. The molecule has 0 N–H and O–H groups in total. The number of para-hydroxylation sites is 1. The van der Waals surface area contributed by atoms with Crippen molar-refractivity contribution in [1.29, 1.82) is 0 Å². The number of hydrogen-bond donors (Lipinski definition) is 0. The molecular formula is C22H16F2N2O2S. The summed E-state index contributed by atoms with van der Waals surface area (Å²) in [6, 6.07) is 20.4. The molecule has 146 valence electrons. The van der Waals surface area contributed by atoms with Crippen molar-refractivity contribution in [3.8, 4) is 5.75 Å². The van der Waals surface area contributed by atoms with Crippen molar-refractivity contribution in [2.24, 2.45) is 0 Å². The first-order chi connectivity index (χ1) is 14.1. The number of aromatic nitrogens is 1. The minimum Gasteiger partial charge on any atom is -0.484 e. The molecule has 0 unspecified atom stereocenters. The van der Waals surface area contributed by atoms with Gasteiger partial charge in [0.05, 0.1) is 11.2 Å². The van der Waals surface area contributed by atoms with Crippen LogP contribution < -0.4 is 9.64 Å². The summed E-state index contributed by atoms with van der Waals surface area (Å²) in [6.07, 6.45) is 0. The predicted octanol–water partition coefficient (Wildman–Crippen LogP) is 5.19. The third kappa shape index (κ3) is 4.41. The normalized spacial score (nSPS) is 10.8. The number of carbonyl (C=O) groups is 1. The number of anilines is 1. The van der Waals surface area contributed by atoms with Gasteiger partial charge in [0.25, 0.3) is 5.91 Å². The lowest BCUT2D eigenvalue weighted by molar-refractivity contribution is -0.120. The molecule has 0 aliphatic heterocycles. The molecule has 0 fully saturated rings. The number of nitrogens with zero attached hydrogens (tertiary/aromatic N) is 2. The molecule has 1 amide bonds. The van der Waals surface area contributed by atoms with E-state index in [1.807, 2.05) is 48.5 Å². The number of carbonyl (C=O) groups excluding carboxylic acids is 1. The number of fused-ring (bicyclic) bond motifs is 1. The summed E-state index contributed by atoms with van der Waals surface area (Å²) in [6.45, 7) is 0.0331. The molecule has 0 atom stereocenters. The van der Waals surface area contributed by atoms with Gasteiger partial charge in [0, 0.05) is 6.07 Å². The Kier molecular flexibility index (Phi) is 5.48. The number of hydrogen-bond acceptors (Lipinski definition) is 4. The van der Waals surface area contributed by atoms with Gasteiger partial charge in [-0.05, 0) is 23.8 Å². The van der Waals surface area contributed by atoms with Gasteiger partial charge in [-0.25, -0.2) is 13.8 Å². The molecule has 4 aromatic rings. The van der Waals surface area contributed by atoms with Crippen LogP contribution >= 0.6 is 11.3 Å². The number of thiazole rings is 1. The largest absolute Gasteiger partial charge is 0.484 e. The zero-order valence-corrected chi connectivity index (χ0v) is 16.0. The Morgan fingerprint density at radius 2 is 1.69 bits per heavy atom. The van der Waals surface area contributed by atoms with E-state index in [1.165, 1.54) is 11.0 Å². The fourth-order valence-electron chi connectivity index (χ4n) is 2.83. The quantitative estimate of drug-likeness (QED) is 0.440. The highest BCUT2D eigenvalue weighted by Crippen LogP contribution is 2.32. The molecule has 0 aliphatic carbocycles. The Morgan fingerprint density at radius 1 is 1.00 bits per heavy atom. The van der Waals surface area contributed by atoms with E-state index in [0.717, 1.165) is 23.0 Å². The third-order valence-corrected chi connectivity index (χ3v) is 5.25. The summed E-state index contributed by atoms with van der Waals surface area (Å²) in [7, 11) is 0. The monoisotopic (exact) mass is 410 g/mol. The van der Waals surface area contributed by atoms with E-state index >= 15 is 0 Å². The van der Waals surface area contributed by atoms with Crippen LogP contribution in [0.3, 0.4) is 0 Å². The average molecular weight is 410 g/mol. The lowest BCUT2D eigenvalue weighted by Gasteiger charge is -2.20. The molecule has 1 aromatic heterocycles. The van der Waals surface area contributed by atoms with Crippen LogP contribution in [0.4, 0.5) is 13.9 Å². The van der Waals surface area contributed by atoms with Gasteiger partial charge in [-0.2, -0.15) is 0 Å². The van der Waals surface area contributed by atoms with E-state index in [1.54, 1.807) is 12.1 Å². The highest BCUT2D eigenvalue weighted by atomic mass is 32.1. The molecule has 4 rings (SSSR count). The Labute approximate surface area is 170 Å². The highest BCUT2D eigenvalue weighted by Gasteiger charge is 2.22. The third-order valence-electron chi connectivity index (χ3n) is 4.22. The standard InChI is InChI=1S/C22H16F2N2O2S/c23-16-11-18(24)21-19(12-16)29-22(25-21)26(13-15-7-3-1-4-8-15)20(27)14-28-17-9-5-2-6-10-17/h1-12H,13-14H2. The van der Waals surface area contributed by atoms with Gasteiger partial charge in [-0.3, -0.25) is 9.69 Å². The zero-order chi connectivity index (χ0) is 20.2. The maximum Gasteiger partial charge on any atom is 0.267 e. The summed E-state index contributed by atoms with van der Waals surface area (Å²) < 4.78 is 33.6. The molecule has 0 spiro atoms. The van der Waals surface area contributed by atoms with Crippen LogP contribution in [0.15, 0.2) is 72.8 Å². The molecule has 4 nitrogen and oxygen atoms in total. The second-order valence-corrected chi connectivity index (χ2v) is 7.31. The van der Waals surface area contributed by atoms with Gasteiger partial charge in [0.2, 0.25) is 0 Å². The van der Waals surface area contributed by atoms with Crippen molar-refractivity contribution in [3.05, 3.63) is 90.0 Å². The number of amides is 1. The molecule has 0 saturated heterocycles. The van der Waals surface area contributed by atoms with Gasteiger partial charge in [0.1, 0.15) is 17.1 Å². The van der Waals surface area contributed by atoms with Gasteiger partial charge >= 0.3 is 0 Å².